The number of Topliss-reactive ketones (excluding diaryl/α,β-unsaturated/α-hetero) is 2. The molecule has 0 N–H and O–H groups in total. The highest BCUT2D eigenvalue weighted by Gasteiger charge is 2.30. The van der Waals surface area contributed by atoms with Gasteiger partial charge >= 0.3 is 0 Å². The van der Waals surface area contributed by atoms with Crippen LogP contribution in [-0.4, -0.2) is 16.6 Å². The molecule has 1 aliphatic carbocycles. The van der Waals surface area contributed by atoms with E-state index >= 15 is 0 Å². The fourth-order valence-corrected chi connectivity index (χ4v) is 3.70. The van der Waals surface area contributed by atoms with Crippen LogP contribution < -0.4 is 0 Å². The molecule has 0 spiro atoms. The topological polar surface area (TPSA) is 70.8 Å². The molecule has 132 valence electrons. The minimum Gasteiger partial charge on any atom is -0.299 e. The van der Waals surface area contributed by atoms with Gasteiger partial charge in [0.2, 0.25) is 0 Å². The highest BCUT2D eigenvalue weighted by atomic mass is 16.1. The summed E-state index contributed by atoms with van der Waals surface area (Å²) in [5.74, 6) is 0.0904. The van der Waals surface area contributed by atoms with Crippen LogP contribution in [0.3, 0.4) is 0 Å². The fourth-order valence-electron chi connectivity index (χ4n) is 3.70. The Hall–Kier alpha value is -2.80. The zero-order valence-corrected chi connectivity index (χ0v) is 15.2. The molecule has 26 heavy (non-hydrogen) atoms. The molecule has 4 nitrogen and oxygen atoms in total. The first-order chi connectivity index (χ1) is 12.5. The van der Waals surface area contributed by atoms with Gasteiger partial charge in [-0.3, -0.25) is 14.6 Å². The van der Waals surface area contributed by atoms with E-state index in [-0.39, 0.29) is 29.8 Å². The maximum atomic E-state index is 12.7. The van der Waals surface area contributed by atoms with Gasteiger partial charge in [-0.05, 0) is 38.0 Å². The second kappa shape index (κ2) is 7.61. The van der Waals surface area contributed by atoms with Gasteiger partial charge in [0.1, 0.15) is 5.78 Å². The molecule has 4 heteroatoms. The largest absolute Gasteiger partial charge is 0.299 e. The summed E-state index contributed by atoms with van der Waals surface area (Å²) in [6.45, 7) is 3.75. The molecule has 0 bridgehead atoms. The number of ketones is 2. The number of pyridine rings is 1. The van der Waals surface area contributed by atoms with Crippen molar-refractivity contribution in [2.45, 2.75) is 39.5 Å². The first-order valence-electron chi connectivity index (χ1n) is 9.05. The first kappa shape index (κ1) is 18.0. The van der Waals surface area contributed by atoms with Crippen molar-refractivity contribution in [2.24, 2.45) is 11.8 Å². The van der Waals surface area contributed by atoms with Crippen molar-refractivity contribution in [1.29, 1.82) is 5.26 Å². The van der Waals surface area contributed by atoms with Gasteiger partial charge in [0.05, 0.1) is 17.3 Å². The summed E-state index contributed by atoms with van der Waals surface area (Å²) in [7, 11) is 0. The van der Waals surface area contributed by atoms with Gasteiger partial charge in [0.25, 0.3) is 0 Å². The van der Waals surface area contributed by atoms with Gasteiger partial charge in [-0.1, -0.05) is 31.5 Å². The average molecular weight is 346 g/mol. The third-order valence-corrected chi connectivity index (χ3v) is 5.22. The average Bonchev–Trinajstić information content (AvgIpc) is 2.65. The normalized spacial score (nSPS) is 19.8. The number of benzene rings is 1. The van der Waals surface area contributed by atoms with Crippen molar-refractivity contribution in [1.82, 2.24) is 4.98 Å². The number of nitrogens with zero attached hydrogens (tertiary/aromatic N) is 2. The SMILES string of the molecule is Cc1nc(-c2ccccc2C#N)ccc1C(=O)C[C@@H]1CCCC(C)C1=O. The van der Waals surface area contributed by atoms with Crippen molar-refractivity contribution in [3.8, 4) is 17.3 Å². The Morgan fingerprint density at radius 3 is 2.73 bits per heavy atom. The van der Waals surface area contributed by atoms with Gasteiger partial charge in [0, 0.05) is 35.1 Å². The van der Waals surface area contributed by atoms with E-state index in [1.165, 1.54) is 0 Å². The van der Waals surface area contributed by atoms with Gasteiger partial charge in [-0.15, -0.1) is 0 Å². The second-order valence-electron chi connectivity index (χ2n) is 7.05. The van der Waals surface area contributed by atoms with E-state index in [0.29, 0.717) is 22.5 Å². The number of carbonyl (C=O) groups excluding carboxylic acids is 2. The molecule has 1 saturated carbocycles. The van der Waals surface area contributed by atoms with E-state index in [2.05, 4.69) is 11.1 Å². The van der Waals surface area contributed by atoms with E-state index in [9.17, 15) is 14.9 Å². The third-order valence-electron chi connectivity index (χ3n) is 5.22. The number of nitriles is 1. The van der Waals surface area contributed by atoms with Crippen LogP contribution in [0.5, 0.6) is 0 Å². The summed E-state index contributed by atoms with van der Waals surface area (Å²) in [6.07, 6.45) is 3.00. The molecule has 2 atom stereocenters. The summed E-state index contributed by atoms with van der Waals surface area (Å²) in [5.41, 5.74) is 3.19. The molecule has 0 aliphatic heterocycles. The third kappa shape index (κ3) is 3.57. The molecule has 1 fully saturated rings. The molecular formula is C22H22N2O2. The van der Waals surface area contributed by atoms with Gasteiger partial charge < -0.3 is 0 Å². The quantitative estimate of drug-likeness (QED) is 0.764. The van der Waals surface area contributed by atoms with Gasteiger partial charge in [-0.25, -0.2) is 0 Å². The van der Waals surface area contributed by atoms with Crippen molar-refractivity contribution < 1.29 is 9.59 Å². The number of aryl methyl sites for hydroxylation is 1. The molecule has 2 aromatic rings. The van der Waals surface area contributed by atoms with Crippen LogP contribution in [-0.2, 0) is 4.79 Å². The Labute approximate surface area is 153 Å². The van der Waals surface area contributed by atoms with Crippen LogP contribution in [0, 0.1) is 30.1 Å². The van der Waals surface area contributed by atoms with Crippen molar-refractivity contribution in [3.05, 3.63) is 53.2 Å². The van der Waals surface area contributed by atoms with Crippen molar-refractivity contribution in [3.63, 3.8) is 0 Å². The molecule has 3 rings (SSSR count). The highest BCUT2D eigenvalue weighted by Crippen LogP contribution is 2.29. The van der Waals surface area contributed by atoms with E-state index in [1.54, 1.807) is 25.1 Å². The highest BCUT2D eigenvalue weighted by molar-refractivity contribution is 6.00. The summed E-state index contributed by atoms with van der Waals surface area (Å²) in [6, 6.07) is 13.0. The zero-order chi connectivity index (χ0) is 18.7. The lowest BCUT2D eigenvalue weighted by atomic mass is 9.78. The Bertz CT molecular complexity index is 895. The van der Waals surface area contributed by atoms with Crippen LogP contribution >= 0.6 is 0 Å². The van der Waals surface area contributed by atoms with Crippen LogP contribution in [0.2, 0.25) is 0 Å². The number of rotatable bonds is 4. The molecular weight excluding hydrogens is 324 g/mol. The van der Waals surface area contributed by atoms with E-state index in [4.69, 9.17) is 0 Å². The number of carbonyl (C=O) groups is 2. The lowest BCUT2D eigenvalue weighted by molar-refractivity contribution is -0.128. The molecule has 1 aromatic carbocycles. The van der Waals surface area contributed by atoms with Gasteiger partial charge in [-0.2, -0.15) is 5.26 Å². The molecule has 1 heterocycles. The second-order valence-corrected chi connectivity index (χ2v) is 7.05. The Kier molecular flexibility index (Phi) is 5.27. The Balaban J connectivity index is 1.83. The van der Waals surface area contributed by atoms with Crippen molar-refractivity contribution >= 4 is 11.6 Å². The monoisotopic (exact) mass is 346 g/mol. The van der Waals surface area contributed by atoms with Crippen molar-refractivity contribution in [2.75, 3.05) is 0 Å². The minimum atomic E-state index is -0.162. The summed E-state index contributed by atoms with van der Waals surface area (Å²) >= 11 is 0. The van der Waals surface area contributed by atoms with E-state index < -0.39 is 0 Å². The predicted octanol–water partition coefficient (Wildman–Crippen LogP) is 4.51. The number of hydrogen-bond donors (Lipinski definition) is 0. The summed E-state index contributed by atoms with van der Waals surface area (Å²) in [4.78, 5) is 29.5. The van der Waals surface area contributed by atoms with Crippen LogP contribution in [0.15, 0.2) is 36.4 Å². The smallest absolute Gasteiger partial charge is 0.165 e. The zero-order valence-electron chi connectivity index (χ0n) is 15.2. The Morgan fingerprint density at radius 1 is 1.23 bits per heavy atom. The maximum Gasteiger partial charge on any atom is 0.165 e. The van der Waals surface area contributed by atoms with E-state index in [1.807, 2.05) is 25.1 Å². The molecule has 1 aliphatic rings. The fraction of sp³-hybridized carbons (Fsp3) is 0.364. The Morgan fingerprint density at radius 2 is 2.00 bits per heavy atom. The molecule has 1 aromatic heterocycles. The standard InChI is InChI=1S/C22H22N2O2/c1-14-6-5-8-16(22(14)26)12-21(25)18-10-11-20(24-15(18)2)19-9-4-3-7-17(19)13-23/h3-4,7,9-11,14,16H,5-6,8,12H2,1-2H3/t14?,16-/m0/s1. The molecule has 0 amide bonds. The number of hydrogen-bond acceptors (Lipinski definition) is 4. The maximum absolute atomic E-state index is 12.7. The molecule has 0 radical (unpaired) electrons. The lowest BCUT2D eigenvalue weighted by Gasteiger charge is -2.25. The molecule has 0 saturated heterocycles. The van der Waals surface area contributed by atoms with Crippen LogP contribution in [0.25, 0.3) is 11.3 Å². The minimum absolute atomic E-state index is 0.0254. The lowest BCUT2D eigenvalue weighted by Crippen LogP contribution is -2.28. The predicted molar refractivity (Wildman–Crippen MR) is 99.6 cm³/mol. The van der Waals surface area contributed by atoms with Gasteiger partial charge in [0.15, 0.2) is 5.78 Å². The summed E-state index contributed by atoms with van der Waals surface area (Å²) in [5, 5.41) is 9.26. The first-order valence-corrected chi connectivity index (χ1v) is 9.05. The number of aromatic nitrogens is 1. The summed E-state index contributed by atoms with van der Waals surface area (Å²) < 4.78 is 0. The van der Waals surface area contributed by atoms with Crippen LogP contribution in [0.4, 0.5) is 0 Å². The molecule has 1 unspecified atom stereocenters. The van der Waals surface area contributed by atoms with Crippen LogP contribution in [0.1, 0.15) is 54.2 Å². The van der Waals surface area contributed by atoms with E-state index in [0.717, 1.165) is 24.8 Å².